The SMILES string of the molecule is CCOC(=O)C(Cl)C=O.CCOC(=O)C1=CN2C(=N[C@@](C)(c3ccc(Cl)cc3)[C@H]2c2ccc(Cl)cc2)S1.CN(C)C(=O)[C@@H]1CCCN1.CN(C)C(=O)[C@@H]1CCCN1C(=O)C1=CN2C(=N[C@@](C)(c3ccc(Cl)cc3)[C@H]2c2ccc(Cl)cc2)S1.C[C@@]1(c2ccc(Cl)cc2)N=C2SC(C(=O)O)=CN2[C@@H]1c1ccc(Cl)cc1.C[C@@]1(c2ccc(Cl)cc2)NC(=S)N[C@@H]1c1ccc(Cl)cc1. The predicted octanol–water partition coefficient (Wildman–Crippen LogP) is 21.0. The van der Waals surface area contributed by atoms with E-state index in [9.17, 15) is 38.7 Å². The van der Waals surface area contributed by atoms with Gasteiger partial charge in [0.15, 0.2) is 26.0 Å². The van der Waals surface area contributed by atoms with Crippen LogP contribution in [0.15, 0.2) is 242 Å². The van der Waals surface area contributed by atoms with Crippen molar-refractivity contribution in [1.82, 2.24) is 45.3 Å². The fourth-order valence-corrected chi connectivity index (χ4v) is 20.7. The van der Waals surface area contributed by atoms with Crippen molar-refractivity contribution in [2.45, 2.75) is 131 Å². The maximum atomic E-state index is 13.5. The Labute approximate surface area is 813 Å². The minimum atomic E-state index is -1.15. The second-order valence-corrected chi connectivity index (χ2v) is 39.3. The molecule has 9 aliphatic rings. The number of esters is 2. The highest BCUT2D eigenvalue weighted by molar-refractivity contribution is 8.18. The molecule has 3 fully saturated rings. The number of thioether (sulfide) groups is 3. The lowest BCUT2D eigenvalue weighted by molar-refractivity contribution is -0.143. The lowest BCUT2D eigenvalue weighted by Crippen LogP contribution is -2.45. The summed E-state index contributed by atoms with van der Waals surface area (Å²) in [6.45, 7) is 14.0. The Bertz CT molecular complexity index is 5670. The van der Waals surface area contributed by atoms with Crippen LogP contribution in [-0.2, 0) is 65.2 Å². The van der Waals surface area contributed by atoms with Gasteiger partial charge in [0.05, 0.1) is 53.9 Å². The average Bonchev–Trinajstić information content (AvgIpc) is 1.58. The van der Waals surface area contributed by atoms with Crippen LogP contribution < -0.4 is 16.0 Å². The number of carbonyl (C=O) groups is 7. The number of rotatable bonds is 17. The molecule has 0 spiro atoms. The van der Waals surface area contributed by atoms with Crippen LogP contribution in [0.5, 0.6) is 0 Å². The second kappa shape index (κ2) is 43.3. The number of likely N-dealkylation sites (N-methyl/N-ethyl adjacent to an activating group) is 2. The number of fused-ring (bicyclic) bond motifs is 3. The molecule has 3 saturated heterocycles. The number of halogens is 9. The van der Waals surface area contributed by atoms with Gasteiger partial charge in [-0.1, -0.05) is 190 Å². The maximum absolute atomic E-state index is 13.5. The zero-order valence-corrected chi connectivity index (χ0v) is 81.7. The van der Waals surface area contributed by atoms with Gasteiger partial charge in [-0.25, -0.2) is 29.4 Å². The molecule has 11 atom stereocenters. The molecule has 0 bridgehead atoms. The number of thiocarbonyl (C=S) groups is 1. The Morgan fingerprint density at radius 1 is 0.496 bits per heavy atom. The van der Waals surface area contributed by atoms with E-state index in [4.69, 9.17) is 136 Å². The molecule has 9 heterocycles. The second-order valence-electron chi connectivity index (χ2n) is 31.9. The van der Waals surface area contributed by atoms with Gasteiger partial charge in [-0.3, -0.25) is 14.4 Å². The maximum Gasteiger partial charge on any atom is 0.346 e. The Kier molecular flexibility index (Phi) is 33.3. The number of benzene rings is 8. The van der Waals surface area contributed by atoms with E-state index in [1.54, 1.807) is 62.9 Å². The number of carboxylic acid groups (broad SMARTS) is 1. The first-order valence-corrected chi connectivity index (χ1v) is 47.3. The molecule has 17 rings (SSSR count). The molecular weight excluding hydrogens is 1900 g/mol. The molecule has 1 unspecified atom stereocenters. The van der Waals surface area contributed by atoms with Crippen LogP contribution in [0.25, 0.3) is 0 Å². The van der Waals surface area contributed by atoms with Crippen LogP contribution in [0.1, 0.15) is 136 Å². The highest BCUT2D eigenvalue weighted by Crippen LogP contribution is 2.57. The van der Waals surface area contributed by atoms with E-state index in [2.05, 4.69) is 58.2 Å². The lowest BCUT2D eigenvalue weighted by atomic mass is 9.81. The van der Waals surface area contributed by atoms with Crippen molar-refractivity contribution in [3.63, 3.8) is 0 Å². The molecule has 35 heteroatoms. The molecule has 9 aliphatic heterocycles. The van der Waals surface area contributed by atoms with E-state index in [0.717, 1.165) is 90.7 Å². The third-order valence-corrected chi connectivity index (χ3v) is 28.2. The monoisotopic (exact) mass is 1990 g/mol. The third kappa shape index (κ3) is 22.8. The number of amides is 3. The van der Waals surface area contributed by atoms with Gasteiger partial charge in [0.25, 0.3) is 5.91 Å². The van der Waals surface area contributed by atoms with E-state index in [-0.39, 0.29) is 71.0 Å². The van der Waals surface area contributed by atoms with Crippen molar-refractivity contribution in [3.05, 3.63) is 312 Å². The molecule has 0 aromatic heterocycles. The van der Waals surface area contributed by atoms with Crippen LogP contribution >= 0.6 is 152 Å². The Morgan fingerprint density at radius 2 is 0.845 bits per heavy atom. The lowest BCUT2D eigenvalue weighted by Gasteiger charge is -2.34. The first-order chi connectivity index (χ1) is 61.4. The van der Waals surface area contributed by atoms with Crippen molar-refractivity contribution in [1.29, 1.82) is 0 Å². The van der Waals surface area contributed by atoms with Gasteiger partial charge in [-0.15, -0.1) is 11.6 Å². The number of aliphatic carboxylic acids is 1. The van der Waals surface area contributed by atoms with Crippen molar-refractivity contribution < 1.29 is 48.1 Å². The highest BCUT2D eigenvalue weighted by atomic mass is 35.5. The van der Waals surface area contributed by atoms with Gasteiger partial charge in [-0.2, -0.15) is 0 Å². The topological polar surface area (TPSA) is 251 Å². The normalized spacial score (nSPS) is 23.6. The molecule has 8 aromatic rings. The summed E-state index contributed by atoms with van der Waals surface area (Å²) in [5, 5.41) is 26.4. The number of nitrogens with one attached hydrogen (secondary N) is 3. The standard InChI is InChI=1S/C26H26Cl2N4O2S.C21H18Cl2N2O2S.C19H14Cl2N2O2S.C16H14Cl2N2S.C7H14N2O.C5H7ClO3/c1-26(17-8-12-19(28)13-9-17)22(16-6-10-18(27)11-7-16)32-15-21(35-25(32)29-26)24(34)31-14-4-5-20(31)23(33)30(2)3;1-3-27-19(26)17-12-25-18(13-4-8-15(22)9-5-13)21(2,24-20(25)28-17)14-6-10-16(23)11-7-14;1-19(12-4-8-14(21)9-5-12)16(11-2-6-13(20)7-3-11)23-10-15(17(24)25)26-18(23)22-19;1-16(11-4-8-13(18)9-5-11)14(19-15(21)20-16)10-2-6-12(17)7-3-10;1-9(2)7(10)6-4-3-5-8-6;1-2-9-5(8)4(6)3-7/h6-13,15,20,22H,4-5,14H2,1-3H3;4-12,18H,3H2,1-2H3;2-10,16H,1H3,(H,24,25);2-9,14H,1H3,(H2,19,20,21);6,8H,3-5H2,1-2H3;3-4H,2H2,1H3/t20-,22+,26-;18-,21+;16-,19+;14-,16+;6-;/m01110./s1. The number of hydrogen-bond acceptors (Lipinski definition) is 20. The summed E-state index contributed by atoms with van der Waals surface area (Å²) in [7, 11) is 7.04. The van der Waals surface area contributed by atoms with Crippen LogP contribution in [0, 0.1) is 0 Å². The molecular formula is C94H93Cl9N12O10S4. The Balaban J connectivity index is 0.000000147. The van der Waals surface area contributed by atoms with Crippen molar-refractivity contribution >= 4 is 214 Å². The van der Waals surface area contributed by atoms with E-state index in [0.29, 0.717) is 76.1 Å². The molecule has 8 aromatic carbocycles. The van der Waals surface area contributed by atoms with Crippen LogP contribution in [0.4, 0.5) is 0 Å². The summed E-state index contributed by atoms with van der Waals surface area (Å²) in [4.78, 5) is 109. The molecule has 129 heavy (non-hydrogen) atoms. The molecule has 22 nitrogen and oxygen atoms in total. The number of carboxylic acids is 1. The fraction of sp³-hybridized carbons (Fsp3) is 0.309. The molecule has 3 amide bonds. The van der Waals surface area contributed by atoms with Crippen molar-refractivity contribution in [2.75, 3.05) is 54.5 Å². The number of aliphatic imine (C=N–C) groups is 3. The number of alkyl halides is 1. The predicted molar refractivity (Wildman–Crippen MR) is 525 cm³/mol. The van der Waals surface area contributed by atoms with Crippen LogP contribution in [-0.4, -0.2) is 169 Å². The molecule has 0 saturated carbocycles. The van der Waals surface area contributed by atoms with Crippen molar-refractivity contribution in [3.8, 4) is 0 Å². The molecule has 4 N–H and O–H groups in total. The van der Waals surface area contributed by atoms with Gasteiger partial charge >= 0.3 is 17.9 Å². The molecule has 0 radical (unpaired) electrons. The average molecular weight is 2000 g/mol. The van der Waals surface area contributed by atoms with E-state index in [1.165, 1.54) is 35.3 Å². The number of nitrogens with zero attached hydrogens (tertiary/aromatic N) is 9. The minimum absolute atomic E-state index is 0.0310. The van der Waals surface area contributed by atoms with E-state index in [1.807, 2.05) is 211 Å². The Hall–Kier alpha value is -8.81. The zero-order chi connectivity index (χ0) is 93.1. The summed E-state index contributed by atoms with van der Waals surface area (Å²) >= 11 is 62.9. The largest absolute Gasteiger partial charge is 0.477 e. The zero-order valence-electron chi connectivity index (χ0n) is 71.7. The van der Waals surface area contributed by atoms with Gasteiger partial charge in [0.1, 0.15) is 38.8 Å². The fourth-order valence-electron chi connectivity index (χ4n) is 16.3. The number of carbonyl (C=O) groups excluding carboxylic acids is 6. The summed E-state index contributed by atoms with van der Waals surface area (Å²) in [6.07, 6.45) is 9.35. The highest BCUT2D eigenvalue weighted by Gasteiger charge is 2.54. The summed E-state index contributed by atoms with van der Waals surface area (Å²) in [5.74, 6) is -1.91. The summed E-state index contributed by atoms with van der Waals surface area (Å²) in [6, 6.07) is 61.1. The first kappa shape index (κ1) is 99.2. The van der Waals surface area contributed by atoms with Crippen molar-refractivity contribution in [2.24, 2.45) is 15.0 Å². The van der Waals surface area contributed by atoms with Gasteiger partial charge in [0, 0.05) is 93.5 Å². The number of hydrogen-bond donors (Lipinski definition) is 4. The minimum Gasteiger partial charge on any atom is -0.477 e. The van der Waals surface area contributed by atoms with Crippen LogP contribution in [0.2, 0.25) is 40.2 Å². The van der Waals surface area contributed by atoms with E-state index >= 15 is 0 Å². The Morgan fingerprint density at radius 3 is 1.20 bits per heavy atom. The molecule has 676 valence electrons. The van der Waals surface area contributed by atoms with E-state index < -0.39 is 40.0 Å². The van der Waals surface area contributed by atoms with Crippen LogP contribution in [0.3, 0.4) is 0 Å². The number of amidine groups is 3. The number of likely N-dealkylation sites (tertiary alicyclic amines) is 1. The van der Waals surface area contributed by atoms with Gasteiger partial charge in [0.2, 0.25) is 11.8 Å². The summed E-state index contributed by atoms with van der Waals surface area (Å²) < 4.78 is 9.55. The third-order valence-electron chi connectivity index (χ3n) is 22.7. The number of aldehydes is 1. The molecule has 0 aliphatic carbocycles. The van der Waals surface area contributed by atoms with Gasteiger partial charge in [-0.05, 0) is 263 Å². The summed E-state index contributed by atoms with van der Waals surface area (Å²) in [5.41, 5.74) is 6.39. The first-order valence-electron chi connectivity index (χ1n) is 41.0. The quantitative estimate of drug-likeness (QED) is 0.0217. The van der Waals surface area contributed by atoms with Gasteiger partial charge < -0.3 is 64.7 Å². The number of ether oxygens (including phenoxy) is 2. The smallest absolute Gasteiger partial charge is 0.346 e.